The molecule has 1 aromatic rings. The minimum Gasteiger partial charge on any atom is -0.480 e. The molecular formula is C27H50N12O7. The molecule has 0 fully saturated rings. The lowest BCUT2D eigenvalue weighted by atomic mass is 10.0. The van der Waals surface area contributed by atoms with Crippen molar-refractivity contribution in [1.29, 1.82) is 0 Å². The summed E-state index contributed by atoms with van der Waals surface area (Å²) < 4.78 is 0. The van der Waals surface area contributed by atoms with E-state index in [0.29, 0.717) is 44.5 Å². The van der Waals surface area contributed by atoms with Crippen LogP contribution in [0.3, 0.4) is 0 Å². The molecular weight excluding hydrogens is 604 g/mol. The zero-order chi connectivity index (χ0) is 34.5. The van der Waals surface area contributed by atoms with E-state index >= 15 is 0 Å². The number of guanidine groups is 1. The Labute approximate surface area is 267 Å². The maximum absolute atomic E-state index is 13.6. The van der Waals surface area contributed by atoms with Crippen LogP contribution in [0, 0.1) is 0 Å². The van der Waals surface area contributed by atoms with Crippen molar-refractivity contribution < 1.29 is 34.2 Å². The van der Waals surface area contributed by atoms with Crippen LogP contribution in [-0.4, -0.2) is 112 Å². The van der Waals surface area contributed by atoms with Crippen LogP contribution in [0.4, 0.5) is 0 Å². The molecule has 0 radical (unpaired) electrons. The lowest BCUT2D eigenvalue weighted by molar-refractivity contribution is -0.142. The van der Waals surface area contributed by atoms with Crippen molar-refractivity contribution in [3.05, 3.63) is 18.2 Å². The van der Waals surface area contributed by atoms with Gasteiger partial charge in [0.05, 0.1) is 12.9 Å². The molecule has 19 nitrogen and oxygen atoms in total. The van der Waals surface area contributed by atoms with Gasteiger partial charge in [-0.1, -0.05) is 0 Å². The van der Waals surface area contributed by atoms with Gasteiger partial charge in [-0.25, -0.2) is 9.78 Å². The Morgan fingerprint density at radius 3 is 1.78 bits per heavy atom. The van der Waals surface area contributed by atoms with E-state index in [4.69, 9.17) is 28.7 Å². The number of carboxylic acids is 1. The number of amides is 4. The van der Waals surface area contributed by atoms with E-state index in [1.54, 1.807) is 0 Å². The van der Waals surface area contributed by atoms with E-state index in [2.05, 4.69) is 36.2 Å². The van der Waals surface area contributed by atoms with E-state index in [-0.39, 0.29) is 44.6 Å². The van der Waals surface area contributed by atoms with Crippen LogP contribution in [0.2, 0.25) is 0 Å². The van der Waals surface area contributed by atoms with Gasteiger partial charge in [0.2, 0.25) is 23.6 Å². The smallest absolute Gasteiger partial charge is 0.326 e. The minimum absolute atomic E-state index is 0.0513. The van der Waals surface area contributed by atoms with Gasteiger partial charge in [0.15, 0.2) is 5.96 Å². The predicted octanol–water partition coefficient (Wildman–Crippen LogP) is -4.39. The second kappa shape index (κ2) is 22.2. The maximum atomic E-state index is 13.6. The number of unbranched alkanes of at least 4 members (excludes halogenated alkanes) is 2. The number of nitrogens with zero attached hydrogens (tertiary/aromatic N) is 2. The van der Waals surface area contributed by atoms with Gasteiger partial charge in [-0.2, -0.15) is 0 Å². The number of hydrogen-bond donors (Lipinski definition) is 12. The first-order valence-corrected chi connectivity index (χ1v) is 15.2. The van der Waals surface area contributed by atoms with Gasteiger partial charge in [-0.15, -0.1) is 0 Å². The van der Waals surface area contributed by atoms with Gasteiger partial charge in [0.25, 0.3) is 0 Å². The van der Waals surface area contributed by atoms with E-state index in [1.165, 1.54) is 12.5 Å². The molecule has 5 unspecified atom stereocenters. The molecule has 17 N–H and O–H groups in total. The summed E-state index contributed by atoms with van der Waals surface area (Å²) in [6, 6.07) is -6.09. The third-order valence-electron chi connectivity index (χ3n) is 6.87. The second-order valence-corrected chi connectivity index (χ2v) is 10.7. The van der Waals surface area contributed by atoms with E-state index in [1.807, 2.05) is 0 Å². The Hall–Kier alpha value is -4.33. The highest BCUT2D eigenvalue weighted by Gasteiger charge is 2.32. The molecule has 260 valence electrons. The number of carboxylic acid groups (broad SMARTS) is 1. The van der Waals surface area contributed by atoms with Crippen molar-refractivity contribution in [2.75, 3.05) is 26.2 Å². The van der Waals surface area contributed by atoms with Gasteiger partial charge in [0.1, 0.15) is 30.2 Å². The Kier molecular flexibility index (Phi) is 19.2. The van der Waals surface area contributed by atoms with Crippen molar-refractivity contribution >= 4 is 35.6 Å². The molecule has 0 bridgehead atoms. The lowest BCUT2D eigenvalue weighted by Gasteiger charge is -2.26. The van der Waals surface area contributed by atoms with E-state index in [0.717, 1.165) is 0 Å². The number of aliphatic carboxylic acids is 1. The number of rotatable bonds is 24. The lowest BCUT2D eigenvalue weighted by Crippen LogP contribution is -2.59. The van der Waals surface area contributed by atoms with Gasteiger partial charge in [-0.3, -0.25) is 24.2 Å². The number of aliphatic imine (C=N–C) groups is 1. The first-order valence-electron chi connectivity index (χ1n) is 15.2. The summed E-state index contributed by atoms with van der Waals surface area (Å²) in [6.07, 6.45) is 5.42. The molecule has 1 heterocycles. The standard InChI is InChI=1S/C27H50N12O7/c28-9-3-1-6-18(23(42)38-20(26(45)46)7-2-4-10-29)37-25(44)21(12-16-13-33-15-35-16)39-24(43)19(8-5-11-34-27(31)32)36-22(41)17(30)14-40/h13,15,17-21,40H,1-12,14,28-30H2,(H,33,35)(H,36,41)(H,37,44)(H,38,42)(H,39,43)(H,45,46)(H4,31,32,34). The van der Waals surface area contributed by atoms with Crippen molar-refractivity contribution in [2.24, 2.45) is 33.7 Å². The van der Waals surface area contributed by atoms with E-state index in [9.17, 15) is 34.2 Å². The molecule has 0 saturated carbocycles. The number of carbonyl (C=O) groups excluding carboxylic acids is 4. The first kappa shape index (κ1) is 39.7. The topological polar surface area (TPSA) is 345 Å². The molecule has 46 heavy (non-hydrogen) atoms. The fourth-order valence-corrected chi connectivity index (χ4v) is 4.29. The minimum atomic E-state index is -1.30. The molecule has 19 heteroatoms. The summed E-state index contributed by atoms with van der Waals surface area (Å²) >= 11 is 0. The highest BCUT2D eigenvalue weighted by atomic mass is 16.4. The summed E-state index contributed by atoms with van der Waals surface area (Å²) in [4.78, 5) is 75.2. The average Bonchev–Trinajstić information content (AvgIpc) is 3.53. The van der Waals surface area contributed by atoms with Gasteiger partial charge in [-0.05, 0) is 64.5 Å². The summed E-state index contributed by atoms with van der Waals surface area (Å²) in [7, 11) is 0. The molecule has 0 aliphatic rings. The van der Waals surface area contributed by atoms with Crippen LogP contribution < -0.4 is 49.9 Å². The molecule has 1 rings (SSSR count). The fraction of sp³-hybridized carbons (Fsp3) is 0.667. The molecule has 0 saturated heterocycles. The van der Waals surface area contributed by atoms with Crippen LogP contribution in [-0.2, 0) is 30.4 Å². The zero-order valence-electron chi connectivity index (χ0n) is 26.0. The first-order chi connectivity index (χ1) is 21.9. The average molecular weight is 655 g/mol. The summed E-state index contributed by atoms with van der Waals surface area (Å²) in [5.74, 6) is -4.38. The normalized spacial score (nSPS) is 14.2. The molecule has 0 aromatic carbocycles. The van der Waals surface area contributed by atoms with Gasteiger partial charge in [0, 0.05) is 24.9 Å². The summed E-state index contributed by atoms with van der Waals surface area (Å²) in [5, 5.41) is 29.1. The quantitative estimate of drug-likeness (QED) is 0.0285. The Balaban J connectivity index is 3.21. The van der Waals surface area contributed by atoms with Crippen LogP contribution >= 0.6 is 0 Å². The fourth-order valence-electron chi connectivity index (χ4n) is 4.29. The van der Waals surface area contributed by atoms with Crippen LogP contribution in [0.5, 0.6) is 0 Å². The van der Waals surface area contributed by atoms with Crippen molar-refractivity contribution in [2.45, 2.75) is 88.0 Å². The van der Waals surface area contributed by atoms with Crippen LogP contribution in [0.25, 0.3) is 0 Å². The Morgan fingerprint density at radius 1 is 0.783 bits per heavy atom. The summed E-state index contributed by atoms with van der Waals surface area (Å²) in [5.41, 5.74) is 27.9. The number of hydrogen-bond acceptors (Lipinski definition) is 11. The molecule has 0 aliphatic heterocycles. The number of nitrogens with one attached hydrogen (secondary N) is 5. The number of aliphatic hydroxyl groups is 1. The maximum Gasteiger partial charge on any atom is 0.326 e. The van der Waals surface area contributed by atoms with Crippen molar-refractivity contribution in [3.63, 3.8) is 0 Å². The number of imidazole rings is 1. The number of aromatic amines is 1. The number of aromatic nitrogens is 2. The third kappa shape index (κ3) is 15.6. The number of aliphatic hydroxyl groups excluding tert-OH is 1. The monoisotopic (exact) mass is 654 g/mol. The highest BCUT2D eigenvalue weighted by molar-refractivity contribution is 5.95. The molecule has 0 aliphatic carbocycles. The Morgan fingerprint density at radius 2 is 1.28 bits per heavy atom. The molecule has 1 aromatic heterocycles. The van der Waals surface area contributed by atoms with Gasteiger partial charge >= 0.3 is 5.97 Å². The van der Waals surface area contributed by atoms with Crippen LogP contribution in [0.15, 0.2) is 17.5 Å². The van der Waals surface area contributed by atoms with Gasteiger partial charge < -0.3 is 65.1 Å². The molecule has 5 atom stereocenters. The molecule has 4 amide bonds. The largest absolute Gasteiger partial charge is 0.480 e. The SMILES string of the molecule is NCCCCC(NC(=O)C(CCCCN)NC(=O)C(Cc1cnc[nH]1)NC(=O)C(CCCN=C(N)N)NC(=O)C(N)CO)C(=O)O. The van der Waals surface area contributed by atoms with Crippen molar-refractivity contribution in [1.82, 2.24) is 31.2 Å². The third-order valence-corrected chi connectivity index (χ3v) is 6.87. The second-order valence-electron chi connectivity index (χ2n) is 10.7. The van der Waals surface area contributed by atoms with Crippen LogP contribution in [0.1, 0.15) is 57.1 Å². The highest BCUT2D eigenvalue weighted by Crippen LogP contribution is 2.08. The summed E-state index contributed by atoms with van der Waals surface area (Å²) in [6.45, 7) is 0.196. The number of carbonyl (C=O) groups is 5. The Bertz CT molecular complexity index is 1110. The predicted molar refractivity (Wildman–Crippen MR) is 168 cm³/mol. The molecule has 0 spiro atoms. The van der Waals surface area contributed by atoms with E-state index < -0.39 is 66.4 Å². The van der Waals surface area contributed by atoms with Crippen molar-refractivity contribution in [3.8, 4) is 0 Å². The number of nitrogens with two attached hydrogens (primary N) is 5. The zero-order valence-corrected chi connectivity index (χ0v) is 26.0. The number of H-pyrrole nitrogens is 1.